The van der Waals surface area contributed by atoms with E-state index in [9.17, 15) is 9.90 Å². The molecule has 0 spiro atoms. The van der Waals surface area contributed by atoms with E-state index in [2.05, 4.69) is 32.8 Å². The molecule has 0 radical (unpaired) electrons. The fourth-order valence-corrected chi connectivity index (χ4v) is 3.82. The third-order valence-corrected chi connectivity index (χ3v) is 5.17. The smallest absolute Gasteiger partial charge is 0.337 e. The Morgan fingerprint density at radius 1 is 1.30 bits per heavy atom. The van der Waals surface area contributed by atoms with Gasteiger partial charge >= 0.3 is 5.97 Å². The standard InChI is InChI=1S/C15H19BrN2O2/c1-17-11-3-4-12(17)9-18(7-6-11)14-8-10(16)2-5-13(14)15(19)20/h2,5,8,11-12H,3-4,6-7,9H2,1H3,(H,19,20). The van der Waals surface area contributed by atoms with Gasteiger partial charge in [0.25, 0.3) is 0 Å². The van der Waals surface area contributed by atoms with Gasteiger partial charge in [-0.25, -0.2) is 4.79 Å². The van der Waals surface area contributed by atoms with Gasteiger partial charge in [0.2, 0.25) is 0 Å². The van der Waals surface area contributed by atoms with Crippen LogP contribution in [-0.2, 0) is 0 Å². The van der Waals surface area contributed by atoms with Gasteiger partial charge in [-0.2, -0.15) is 0 Å². The van der Waals surface area contributed by atoms with Crippen LogP contribution in [0.15, 0.2) is 22.7 Å². The summed E-state index contributed by atoms with van der Waals surface area (Å²) in [5.74, 6) is -0.852. The average molecular weight is 339 g/mol. The molecular formula is C15H19BrN2O2. The van der Waals surface area contributed by atoms with Crippen LogP contribution in [0.2, 0.25) is 0 Å². The molecule has 1 aromatic carbocycles. The van der Waals surface area contributed by atoms with Crippen LogP contribution >= 0.6 is 15.9 Å². The second-order valence-corrected chi connectivity index (χ2v) is 6.67. The minimum atomic E-state index is -0.852. The first-order chi connectivity index (χ1) is 9.56. The zero-order valence-electron chi connectivity index (χ0n) is 11.6. The van der Waals surface area contributed by atoms with Gasteiger partial charge in [-0.05, 0) is 44.5 Å². The molecule has 1 aromatic rings. The SMILES string of the molecule is CN1C2CCC1CN(c1cc(Br)ccc1C(=O)O)CC2. The highest BCUT2D eigenvalue weighted by Gasteiger charge is 2.35. The zero-order chi connectivity index (χ0) is 14.3. The summed E-state index contributed by atoms with van der Waals surface area (Å²) >= 11 is 3.45. The largest absolute Gasteiger partial charge is 0.478 e. The number of carbonyl (C=O) groups is 1. The van der Waals surface area contributed by atoms with E-state index < -0.39 is 5.97 Å². The predicted molar refractivity (Wildman–Crippen MR) is 82.5 cm³/mol. The predicted octanol–water partition coefficient (Wildman–Crippen LogP) is 2.82. The number of nitrogens with zero attached hydrogens (tertiary/aromatic N) is 2. The van der Waals surface area contributed by atoms with E-state index in [0.29, 0.717) is 17.6 Å². The van der Waals surface area contributed by atoms with Gasteiger partial charge in [-0.3, -0.25) is 4.90 Å². The lowest BCUT2D eigenvalue weighted by atomic mass is 10.1. The first kappa shape index (κ1) is 13.9. The van der Waals surface area contributed by atoms with E-state index >= 15 is 0 Å². The van der Waals surface area contributed by atoms with Gasteiger partial charge in [0.1, 0.15) is 0 Å². The van der Waals surface area contributed by atoms with Crippen molar-refractivity contribution in [3.63, 3.8) is 0 Å². The molecule has 5 heteroatoms. The molecule has 0 saturated carbocycles. The fraction of sp³-hybridized carbons (Fsp3) is 0.533. The summed E-state index contributed by atoms with van der Waals surface area (Å²) in [5, 5.41) is 9.39. The van der Waals surface area contributed by atoms with E-state index in [-0.39, 0.29) is 0 Å². The Morgan fingerprint density at radius 2 is 2.05 bits per heavy atom. The lowest BCUT2D eigenvalue weighted by molar-refractivity contribution is 0.0697. The second-order valence-electron chi connectivity index (χ2n) is 5.75. The maximum atomic E-state index is 11.4. The first-order valence-electron chi connectivity index (χ1n) is 7.06. The Balaban J connectivity index is 1.93. The quantitative estimate of drug-likeness (QED) is 0.900. The monoisotopic (exact) mass is 338 g/mol. The number of halogens is 1. The second kappa shape index (κ2) is 5.37. The number of carboxylic acids is 1. The summed E-state index contributed by atoms with van der Waals surface area (Å²) in [7, 11) is 2.20. The normalized spacial score (nSPS) is 26.6. The summed E-state index contributed by atoms with van der Waals surface area (Å²) in [5.41, 5.74) is 1.24. The lowest BCUT2D eigenvalue weighted by Gasteiger charge is -2.28. The third kappa shape index (κ3) is 2.44. The van der Waals surface area contributed by atoms with Crippen LogP contribution in [-0.4, -0.2) is 48.2 Å². The van der Waals surface area contributed by atoms with Crippen molar-refractivity contribution in [1.29, 1.82) is 0 Å². The third-order valence-electron chi connectivity index (χ3n) is 4.68. The van der Waals surface area contributed by atoms with Crippen molar-refractivity contribution in [1.82, 2.24) is 4.90 Å². The summed E-state index contributed by atoms with van der Waals surface area (Å²) in [4.78, 5) is 16.1. The molecule has 2 bridgehead atoms. The molecule has 0 aliphatic carbocycles. The molecule has 108 valence electrons. The van der Waals surface area contributed by atoms with Gasteiger partial charge < -0.3 is 10.0 Å². The highest BCUT2D eigenvalue weighted by Crippen LogP contribution is 2.33. The lowest BCUT2D eigenvalue weighted by Crippen LogP contribution is -2.37. The number of hydrogen-bond donors (Lipinski definition) is 1. The minimum Gasteiger partial charge on any atom is -0.478 e. The molecule has 0 amide bonds. The van der Waals surface area contributed by atoms with Crippen LogP contribution in [0.4, 0.5) is 5.69 Å². The van der Waals surface area contributed by atoms with Crippen molar-refractivity contribution < 1.29 is 9.90 Å². The number of carboxylic acid groups (broad SMARTS) is 1. The molecular weight excluding hydrogens is 320 g/mol. The summed E-state index contributed by atoms with van der Waals surface area (Å²) in [6, 6.07) is 6.62. The van der Waals surface area contributed by atoms with Crippen molar-refractivity contribution in [3.05, 3.63) is 28.2 Å². The van der Waals surface area contributed by atoms with E-state index in [1.165, 1.54) is 12.8 Å². The summed E-state index contributed by atoms with van der Waals surface area (Å²) in [6.07, 6.45) is 3.60. The highest BCUT2D eigenvalue weighted by molar-refractivity contribution is 9.10. The van der Waals surface area contributed by atoms with E-state index in [1.807, 2.05) is 6.07 Å². The van der Waals surface area contributed by atoms with Crippen molar-refractivity contribution in [3.8, 4) is 0 Å². The van der Waals surface area contributed by atoms with E-state index in [4.69, 9.17) is 0 Å². The fourth-order valence-electron chi connectivity index (χ4n) is 3.47. The molecule has 2 aliphatic heterocycles. The number of aromatic carboxylic acids is 1. The maximum absolute atomic E-state index is 11.4. The van der Waals surface area contributed by atoms with Gasteiger partial charge in [0.15, 0.2) is 0 Å². The topological polar surface area (TPSA) is 43.8 Å². The minimum absolute atomic E-state index is 0.397. The Hall–Kier alpha value is -1.07. The van der Waals surface area contributed by atoms with Crippen molar-refractivity contribution in [2.24, 2.45) is 0 Å². The highest BCUT2D eigenvalue weighted by atomic mass is 79.9. The van der Waals surface area contributed by atoms with Gasteiger partial charge in [-0.1, -0.05) is 15.9 Å². The average Bonchev–Trinajstić information content (AvgIpc) is 2.62. The van der Waals surface area contributed by atoms with Crippen molar-refractivity contribution in [2.45, 2.75) is 31.3 Å². The number of hydrogen-bond acceptors (Lipinski definition) is 3. The van der Waals surface area contributed by atoms with Crippen LogP contribution in [0.25, 0.3) is 0 Å². The van der Waals surface area contributed by atoms with Gasteiger partial charge in [0.05, 0.1) is 11.3 Å². The number of likely N-dealkylation sites (N-methyl/N-ethyl adjacent to an activating group) is 1. The molecule has 3 rings (SSSR count). The molecule has 2 heterocycles. The van der Waals surface area contributed by atoms with Gasteiger partial charge in [-0.15, -0.1) is 0 Å². The van der Waals surface area contributed by atoms with Crippen LogP contribution in [0.1, 0.15) is 29.6 Å². The molecule has 20 heavy (non-hydrogen) atoms. The number of rotatable bonds is 2. The molecule has 2 unspecified atom stereocenters. The molecule has 2 saturated heterocycles. The molecule has 2 aliphatic rings. The van der Waals surface area contributed by atoms with Gasteiger partial charge in [0, 0.05) is 29.6 Å². The Bertz CT molecular complexity index is 535. The molecule has 2 atom stereocenters. The van der Waals surface area contributed by atoms with Crippen molar-refractivity contribution >= 4 is 27.6 Å². The Labute approximate surface area is 127 Å². The van der Waals surface area contributed by atoms with Crippen LogP contribution in [0.3, 0.4) is 0 Å². The molecule has 2 fully saturated rings. The number of anilines is 1. The molecule has 4 nitrogen and oxygen atoms in total. The van der Waals surface area contributed by atoms with Crippen LogP contribution < -0.4 is 4.90 Å². The van der Waals surface area contributed by atoms with E-state index in [0.717, 1.165) is 29.7 Å². The summed E-state index contributed by atoms with van der Waals surface area (Å²) in [6.45, 7) is 1.85. The Kier molecular flexibility index (Phi) is 3.73. The molecule has 1 N–H and O–H groups in total. The van der Waals surface area contributed by atoms with Crippen LogP contribution in [0, 0.1) is 0 Å². The first-order valence-corrected chi connectivity index (χ1v) is 7.85. The maximum Gasteiger partial charge on any atom is 0.337 e. The number of fused-ring (bicyclic) bond motifs is 2. The molecule has 0 aromatic heterocycles. The Morgan fingerprint density at radius 3 is 2.80 bits per heavy atom. The van der Waals surface area contributed by atoms with E-state index in [1.54, 1.807) is 12.1 Å². The van der Waals surface area contributed by atoms with Crippen LogP contribution in [0.5, 0.6) is 0 Å². The summed E-state index contributed by atoms with van der Waals surface area (Å²) < 4.78 is 0.931. The number of benzene rings is 1. The zero-order valence-corrected chi connectivity index (χ0v) is 13.1. The van der Waals surface area contributed by atoms with Crippen molar-refractivity contribution in [2.75, 3.05) is 25.0 Å².